The first-order valence-corrected chi connectivity index (χ1v) is 7.48. The Bertz CT molecular complexity index is 747. The number of carbonyl (C=O) groups excluding carboxylic acids is 1. The number of halogens is 1. The number of hydrogen-bond acceptors (Lipinski definition) is 5. The zero-order chi connectivity index (χ0) is 16.8. The number of aromatic hydroxyl groups is 2. The summed E-state index contributed by atoms with van der Waals surface area (Å²) in [5, 5.41) is 22.5. The third-order valence-electron chi connectivity index (χ3n) is 2.91. The minimum atomic E-state index is -0.430. The summed E-state index contributed by atoms with van der Waals surface area (Å²) in [5.74, 6) is -0.0347. The Morgan fingerprint density at radius 3 is 2.78 bits per heavy atom. The van der Waals surface area contributed by atoms with Crippen molar-refractivity contribution in [2.45, 2.75) is 6.92 Å². The van der Waals surface area contributed by atoms with Crippen molar-refractivity contribution in [1.82, 2.24) is 5.43 Å². The van der Waals surface area contributed by atoms with Crippen molar-refractivity contribution in [3.63, 3.8) is 0 Å². The van der Waals surface area contributed by atoms with Gasteiger partial charge in [0.05, 0.1) is 6.21 Å². The fraction of sp³-hybridized carbons (Fsp3) is 0.125. The molecule has 0 unspecified atom stereocenters. The first kappa shape index (κ1) is 16.8. The summed E-state index contributed by atoms with van der Waals surface area (Å²) in [6.45, 7) is 1.74. The second-order valence-corrected chi connectivity index (χ2v) is 5.59. The first-order chi connectivity index (χ1) is 11.0. The molecule has 0 bridgehead atoms. The lowest BCUT2D eigenvalue weighted by atomic mass is 10.2. The van der Waals surface area contributed by atoms with Crippen LogP contribution in [0.1, 0.15) is 11.1 Å². The van der Waals surface area contributed by atoms with E-state index in [2.05, 4.69) is 26.5 Å². The van der Waals surface area contributed by atoms with E-state index in [1.54, 1.807) is 6.07 Å². The lowest BCUT2D eigenvalue weighted by Crippen LogP contribution is -2.24. The van der Waals surface area contributed by atoms with E-state index in [4.69, 9.17) is 4.74 Å². The molecule has 2 rings (SSSR count). The van der Waals surface area contributed by atoms with Crippen LogP contribution in [0, 0.1) is 6.92 Å². The highest BCUT2D eigenvalue weighted by molar-refractivity contribution is 9.10. The second-order valence-electron chi connectivity index (χ2n) is 4.74. The van der Waals surface area contributed by atoms with Crippen molar-refractivity contribution < 1.29 is 19.7 Å². The number of aryl methyl sites for hydroxylation is 1. The van der Waals surface area contributed by atoms with Gasteiger partial charge in [0.25, 0.3) is 5.91 Å². The topological polar surface area (TPSA) is 91.2 Å². The fourth-order valence-corrected chi connectivity index (χ4v) is 1.95. The normalized spacial score (nSPS) is 10.7. The van der Waals surface area contributed by atoms with E-state index in [1.165, 1.54) is 24.4 Å². The van der Waals surface area contributed by atoms with Crippen LogP contribution in [0.15, 0.2) is 46.0 Å². The fourth-order valence-electron chi connectivity index (χ4n) is 1.70. The van der Waals surface area contributed by atoms with Gasteiger partial charge in [0.2, 0.25) is 0 Å². The summed E-state index contributed by atoms with van der Waals surface area (Å²) in [6, 6.07) is 9.47. The van der Waals surface area contributed by atoms with Gasteiger partial charge in [-0.05, 0) is 42.8 Å². The molecule has 0 aliphatic carbocycles. The van der Waals surface area contributed by atoms with Crippen LogP contribution < -0.4 is 10.2 Å². The van der Waals surface area contributed by atoms with Gasteiger partial charge < -0.3 is 14.9 Å². The van der Waals surface area contributed by atoms with Gasteiger partial charge in [-0.15, -0.1) is 0 Å². The summed E-state index contributed by atoms with van der Waals surface area (Å²) < 4.78 is 6.32. The number of hydrogen-bond donors (Lipinski definition) is 3. The highest BCUT2D eigenvalue weighted by Gasteiger charge is 2.04. The van der Waals surface area contributed by atoms with E-state index >= 15 is 0 Å². The third-order valence-corrected chi connectivity index (χ3v) is 3.80. The Morgan fingerprint density at radius 2 is 2.09 bits per heavy atom. The number of hydrazone groups is 1. The highest BCUT2D eigenvalue weighted by Crippen LogP contribution is 2.22. The summed E-state index contributed by atoms with van der Waals surface area (Å²) in [7, 11) is 0. The number of carbonyl (C=O) groups is 1. The molecule has 1 amide bonds. The maximum Gasteiger partial charge on any atom is 0.277 e. The second kappa shape index (κ2) is 7.64. The van der Waals surface area contributed by atoms with Gasteiger partial charge in [0.15, 0.2) is 6.61 Å². The van der Waals surface area contributed by atoms with Crippen molar-refractivity contribution in [3.05, 3.63) is 52.0 Å². The Morgan fingerprint density at radius 1 is 1.30 bits per heavy atom. The average molecular weight is 379 g/mol. The van der Waals surface area contributed by atoms with Crippen LogP contribution in [-0.2, 0) is 4.79 Å². The summed E-state index contributed by atoms with van der Waals surface area (Å²) in [4.78, 5) is 11.6. The number of ether oxygens (including phenoxy) is 1. The standard InChI is InChI=1S/C16H15BrN2O4/c1-10-6-13(4-5-14(10)17)23-9-16(22)19-18-8-11-2-3-12(20)7-15(11)21/h2-8,20-21H,9H2,1H3,(H,19,22)/b18-8+. The van der Waals surface area contributed by atoms with Crippen molar-refractivity contribution in [2.75, 3.05) is 6.61 Å². The van der Waals surface area contributed by atoms with Crippen molar-refractivity contribution in [3.8, 4) is 17.2 Å². The Balaban J connectivity index is 1.85. The smallest absolute Gasteiger partial charge is 0.277 e. The maximum atomic E-state index is 11.6. The molecule has 3 N–H and O–H groups in total. The highest BCUT2D eigenvalue weighted by atomic mass is 79.9. The molecule has 0 spiro atoms. The molecule has 0 saturated carbocycles. The third kappa shape index (κ3) is 5.00. The molecule has 23 heavy (non-hydrogen) atoms. The molecule has 0 aromatic heterocycles. The molecule has 0 heterocycles. The molecule has 2 aromatic carbocycles. The van der Waals surface area contributed by atoms with E-state index in [0.29, 0.717) is 11.3 Å². The SMILES string of the molecule is Cc1cc(OCC(=O)N/N=C/c2ccc(O)cc2O)ccc1Br. The summed E-state index contributed by atoms with van der Waals surface area (Å²) in [6.07, 6.45) is 1.27. The molecule has 0 fully saturated rings. The van der Waals surface area contributed by atoms with Crippen molar-refractivity contribution >= 4 is 28.1 Å². The van der Waals surface area contributed by atoms with Crippen LogP contribution in [-0.4, -0.2) is 28.9 Å². The molecule has 0 aliphatic rings. The number of phenols is 2. The van der Waals surface area contributed by atoms with Crippen LogP contribution in [0.25, 0.3) is 0 Å². The number of nitrogens with zero attached hydrogens (tertiary/aromatic N) is 1. The van der Waals surface area contributed by atoms with Crippen LogP contribution in [0.2, 0.25) is 0 Å². The first-order valence-electron chi connectivity index (χ1n) is 6.68. The summed E-state index contributed by atoms with van der Waals surface area (Å²) in [5.41, 5.74) is 3.66. The lowest BCUT2D eigenvalue weighted by Gasteiger charge is -2.06. The van der Waals surface area contributed by atoms with Crippen molar-refractivity contribution in [1.29, 1.82) is 0 Å². The molecule has 0 radical (unpaired) electrons. The maximum absolute atomic E-state index is 11.6. The van der Waals surface area contributed by atoms with E-state index < -0.39 is 5.91 Å². The number of phenolic OH excluding ortho intramolecular Hbond substituents is 2. The molecular formula is C16H15BrN2O4. The number of nitrogens with one attached hydrogen (secondary N) is 1. The zero-order valence-corrected chi connectivity index (χ0v) is 13.9. The largest absolute Gasteiger partial charge is 0.508 e. The minimum absolute atomic E-state index is 0.0538. The van der Waals surface area contributed by atoms with E-state index in [-0.39, 0.29) is 18.1 Å². The predicted molar refractivity (Wildman–Crippen MR) is 89.9 cm³/mol. The van der Waals surface area contributed by atoms with Gasteiger partial charge in [-0.2, -0.15) is 5.10 Å². The molecule has 0 atom stereocenters. The van der Waals surface area contributed by atoms with Crippen LogP contribution in [0.5, 0.6) is 17.2 Å². The quantitative estimate of drug-likeness (QED) is 0.550. The Hall–Kier alpha value is -2.54. The average Bonchev–Trinajstić information content (AvgIpc) is 2.50. The molecule has 6 nitrogen and oxygen atoms in total. The molecule has 0 aliphatic heterocycles. The van der Waals surface area contributed by atoms with Gasteiger partial charge in [-0.25, -0.2) is 5.43 Å². The minimum Gasteiger partial charge on any atom is -0.508 e. The molecular weight excluding hydrogens is 364 g/mol. The van der Waals surface area contributed by atoms with Crippen LogP contribution in [0.3, 0.4) is 0 Å². The van der Waals surface area contributed by atoms with E-state index in [1.807, 2.05) is 19.1 Å². The van der Waals surface area contributed by atoms with Gasteiger partial charge in [0, 0.05) is 16.1 Å². The number of rotatable bonds is 5. The van der Waals surface area contributed by atoms with Crippen LogP contribution >= 0.6 is 15.9 Å². The zero-order valence-electron chi connectivity index (χ0n) is 12.3. The van der Waals surface area contributed by atoms with Gasteiger partial charge in [-0.3, -0.25) is 4.79 Å². The van der Waals surface area contributed by atoms with Gasteiger partial charge >= 0.3 is 0 Å². The van der Waals surface area contributed by atoms with Crippen LogP contribution in [0.4, 0.5) is 0 Å². The number of amides is 1. The molecule has 0 saturated heterocycles. The monoisotopic (exact) mass is 378 g/mol. The van der Waals surface area contributed by atoms with Crippen molar-refractivity contribution in [2.24, 2.45) is 5.10 Å². The molecule has 120 valence electrons. The number of benzene rings is 2. The van der Waals surface area contributed by atoms with E-state index in [9.17, 15) is 15.0 Å². The molecule has 2 aromatic rings. The van der Waals surface area contributed by atoms with Gasteiger partial charge in [0.1, 0.15) is 17.2 Å². The summed E-state index contributed by atoms with van der Waals surface area (Å²) >= 11 is 3.39. The van der Waals surface area contributed by atoms with E-state index in [0.717, 1.165) is 10.0 Å². The molecule has 7 heteroatoms. The Labute approximate surface area is 141 Å². The predicted octanol–water partition coefficient (Wildman–Crippen LogP) is 2.70. The lowest BCUT2D eigenvalue weighted by molar-refractivity contribution is -0.123. The Kier molecular flexibility index (Phi) is 5.59. The van der Waals surface area contributed by atoms with Gasteiger partial charge in [-0.1, -0.05) is 15.9 Å².